The number of benzene rings is 1. The fourth-order valence-electron chi connectivity index (χ4n) is 1.52. The lowest BCUT2D eigenvalue weighted by Crippen LogP contribution is -2.25. The molecule has 0 radical (unpaired) electrons. The van der Waals surface area contributed by atoms with Gasteiger partial charge in [-0.3, -0.25) is 0 Å². The van der Waals surface area contributed by atoms with Gasteiger partial charge in [0, 0.05) is 13.5 Å². The van der Waals surface area contributed by atoms with Crippen LogP contribution in [0.25, 0.3) is 0 Å². The number of rotatable bonds is 5. The zero-order valence-corrected chi connectivity index (χ0v) is 12.2. The van der Waals surface area contributed by atoms with E-state index in [1.165, 1.54) is 0 Å². The molecule has 104 valence electrons. The zero-order chi connectivity index (χ0) is 14.3. The third-order valence-corrected chi connectivity index (χ3v) is 2.97. The van der Waals surface area contributed by atoms with Crippen LogP contribution in [-0.4, -0.2) is 25.9 Å². The van der Waals surface area contributed by atoms with E-state index in [1.807, 2.05) is 39.0 Å². The molecule has 1 aromatic rings. The highest BCUT2D eigenvalue weighted by molar-refractivity contribution is 5.48. The highest BCUT2D eigenvalue weighted by Gasteiger charge is 2.16. The Hall–Kier alpha value is -1.50. The molecular weight excluding hydrogens is 238 g/mol. The Morgan fingerprint density at radius 1 is 1.32 bits per heavy atom. The van der Waals surface area contributed by atoms with Crippen LogP contribution in [0.15, 0.2) is 18.2 Å². The molecule has 0 aromatic heterocycles. The number of aryl methyl sites for hydroxylation is 1. The van der Waals surface area contributed by atoms with Crippen LogP contribution < -0.4 is 10.5 Å². The SMILES string of the molecule is COC(C)(C)CCOc1ccc(C)cc1C#CCN. The van der Waals surface area contributed by atoms with Crippen molar-refractivity contribution in [1.82, 2.24) is 0 Å². The van der Waals surface area contributed by atoms with Crippen LogP contribution in [0.4, 0.5) is 0 Å². The van der Waals surface area contributed by atoms with Crippen LogP contribution in [0, 0.1) is 18.8 Å². The number of ether oxygens (including phenoxy) is 2. The van der Waals surface area contributed by atoms with Gasteiger partial charge >= 0.3 is 0 Å². The first-order valence-corrected chi connectivity index (χ1v) is 6.46. The molecule has 0 saturated carbocycles. The first kappa shape index (κ1) is 15.6. The van der Waals surface area contributed by atoms with Gasteiger partial charge in [-0.15, -0.1) is 0 Å². The Morgan fingerprint density at radius 3 is 2.68 bits per heavy atom. The van der Waals surface area contributed by atoms with Crippen molar-refractivity contribution in [3.8, 4) is 17.6 Å². The van der Waals surface area contributed by atoms with Gasteiger partial charge in [0.15, 0.2) is 0 Å². The summed E-state index contributed by atoms with van der Waals surface area (Å²) in [6.07, 6.45) is 0.821. The van der Waals surface area contributed by atoms with Gasteiger partial charge in [0.25, 0.3) is 0 Å². The Morgan fingerprint density at radius 2 is 2.05 bits per heavy atom. The van der Waals surface area contributed by atoms with Crippen LogP contribution in [-0.2, 0) is 4.74 Å². The van der Waals surface area contributed by atoms with Crippen LogP contribution in [0.2, 0.25) is 0 Å². The van der Waals surface area contributed by atoms with Gasteiger partial charge in [-0.05, 0) is 38.5 Å². The van der Waals surface area contributed by atoms with Crippen molar-refractivity contribution in [2.75, 3.05) is 20.3 Å². The topological polar surface area (TPSA) is 44.5 Å². The molecule has 0 unspecified atom stereocenters. The lowest BCUT2D eigenvalue weighted by atomic mass is 10.1. The Balaban J connectivity index is 2.72. The van der Waals surface area contributed by atoms with E-state index in [4.69, 9.17) is 15.2 Å². The largest absolute Gasteiger partial charge is 0.492 e. The molecule has 3 nitrogen and oxygen atoms in total. The molecule has 19 heavy (non-hydrogen) atoms. The monoisotopic (exact) mass is 261 g/mol. The fourth-order valence-corrected chi connectivity index (χ4v) is 1.52. The van der Waals surface area contributed by atoms with Crippen molar-refractivity contribution >= 4 is 0 Å². The van der Waals surface area contributed by atoms with Gasteiger partial charge in [-0.1, -0.05) is 17.9 Å². The van der Waals surface area contributed by atoms with E-state index >= 15 is 0 Å². The van der Waals surface area contributed by atoms with Gasteiger partial charge < -0.3 is 15.2 Å². The predicted molar refractivity (Wildman–Crippen MR) is 78.3 cm³/mol. The maximum atomic E-state index is 5.80. The van der Waals surface area contributed by atoms with E-state index in [1.54, 1.807) is 7.11 Å². The molecule has 0 bridgehead atoms. The van der Waals surface area contributed by atoms with Gasteiger partial charge in [0.1, 0.15) is 5.75 Å². The van der Waals surface area contributed by atoms with Crippen LogP contribution in [0.3, 0.4) is 0 Å². The van der Waals surface area contributed by atoms with Crippen molar-refractivity contribution in [1.29, 1.82) is 0 Å². The molecule has 0 aliphatic rings. The predicted octanol–water partition coefficient (Wildman–Crippen LogP) is 2.50. The van der Waals surface area contributed by atoms with Gasteiger partial charge in [-0.2, -0.15) is 0 Å². The van der Waals surface area contributed by atoms with E-state index in [0.717, 1.165) is 23.3 Å². The molecule has 0 spiro atoms. The number of nitrogens with two attached hydrogens (primary N) is 1. The van der Waals surface area contributed by atoms with Crippen molar-refractivity contribution < 1.29 is 9.47 Å². The molecular formula is C16H23NO2. The first-order chi connectivity index (χ1) is 8.98. The van der Waals surface area contributed by atoms with Crippen molar-refractivity contribution in [3.05, 3.63) is 29.3 Å². The van der Waals surface area contributed by atoms with E-state index in [-0.39, 0.29) is 5.60 Å². The van der Waals surface area contributed by atoms with Crippen molar-refractivity contribution in [2.45, 2.75) is 32.8 Å². The van der Waals surface area contributed by atoms with Gasteiger partial charge in [0.05, 0.1) is 24.3 Å². The minimum absolute atomic E-state index is 0.173. The molecule has 0 amide bonds. The van der Waals surface area contributed by atoms with E-state index < -0.39 is 0 Å². The Kier molecular flexibility index (Phi) is 5.88. The maximum absolute atomic E-state index is 5.80. The number of hydrogen-bond acceptors (Lipinski definition) is 3. The highest BCUT2D eigenvalue weighted by Crippen LogP contribution is 2.21. The summed E-state index contributed by atoms with van der Waals surface area (Å²) in [7, 11) is 1.71. The maximum Gasteiger partial charge on any atom is 0.134 e. The first-order valence-electron chi connectivity index (χ1n) is 6.46. The molecule has 1 rings (SSSR count). The van der Waals surface area contributed by atoms with Gasteiger partial charge in [0.2, 0.25) is 0 Å². The smallest absolute Gasteiger partial charge is 0.134 e. The summed E-state index contributed by atoms with van der Waals surface area (Å²) in [6.45, 7) is 7.07. The summed E-state index contributed by atoms with van der Waals surface area (Å²) in [5, 5.41) is 0. The quantitative estimate of drug-likeness (QED) is 0.828. The molecule has 2 N–H and O–H groups in total. The standard InChI is InChI=1S/C16H23NO2/c1-13-7-8-15(14(12-13)6-5-10-17)19-11-9-16(2,3)18-4/h7-8,12H,9-11,17H2,1-4H3. The summed E-state index contributed by atoms with van der Waals surface area (Å²) in [4.78, 5) is 0. The average Bonchev–Trinajstić information content (AvgIpc) is 2.38. The summed E-state index contributed by atoms with van der Waals surface area (Å²) in [5.74, 6) is 6.71. The van der Waals surface area contributed by atoms with E-state index in [0.29, 0.717) is 13.2 Å². The fraction of sp³-hybridized carbons (Fsp3) is 0.500. The molecule has 0 aliphatic carbocycles. The minimum atomic E-state index is -0.173. The lowest BCUT2D eigenvalue weighted by Gasteiger charge is -2.22. The van der Waals surface area contributed by atoms with E-state index in [9.17, 15) is 0 Å². The summed E-state index contributed by atoms with van der Waals surface area (Å²) in [5.41, 5.74) is 7.28. The summed E-state index contributed by atoms with van der Waals surface area (Å²) < 4.78 is 11.2. The molecule has 0 saturated heterocycles. The minimum Gasteiger partial charge on any atom is -0.492 e. The van der Waals surface area contributed by atoms with Gasteiger partial charge in [-0.25, -0.2) is 0 Å². The molecule has 0 atom stereocenters. The Bertz CT molecular complexity index is 469. The average molecular weight is 261 g/mol. The van der Waals surface area contributed by atoms with Crippen molar-refractivity contribution in [3.63, 3.8) is 0 Å². The Labute approximate surface area is 116 Å². The molecule has 3 heteroatoms. The number of methoxy groups -OCH3 is 1. The second-order valence-corrected chi connectivity index (χ2v) is 5.07. The highest BCUT2D eigenvalue weighted by atomic mass is 16.5. The third-order valence-electron chi connectivity index (χ3n) is 2.97. The van der Waals surface area contributed by atoms with Crippen LogP contribution in [0.1, 0.15) is 31.4 Å². The number of hydrogen-bond donors (Lipinski definition) is 1. The lowest BCUT2D eigenvalue weighted by molar-refractivity contribution is 0.00543. The normalized spacial score (nSPS) is 10.8. The summed E-state index contributed by atoms with van der Waals surface area (Å²) >= 11 is 0. The molecule has 0 fully saturated rings. The third kappa shape index (κ3) is 5.34. The zero-order valence-electron chi connectivity index (χ0n) is 12.2. The molecule has 1 aromatic carbocycles. The second-order valence-electron chi connectivity index (χ2n) is 5.07. The van der Waals surface area contributed by atoms with Crippen LogP contribution >= 0.6 is 0 Å². The van der Waals surface area contributed by atoms with E-state index in [2.05, 4.69) is 11.8 Å². The molecule has 0 aliphatic heterocycles. The second kappa shape index (κ2) is 7.18. The molecule has 0 heterocycles. The van der Waals surface area contributed by atoms with Crippen molar-refractivity contribution in [2.24, 2.45) is 5.73 Å². The van der Waals surface area contributed by atoms with Crippen LogP contribution in [0.5, 0.6) is 5.75 Å². The summed E-state index contributed by atoms with van der Waals surface area (Å²) in [6, 6.07) is 5.99.